The summed E-state index contributed by atoms with van der Waals surface area (Å²) in [6, 6.07) is -0.935. The van der Waals surface area contributed by atoms with E-state index in [1.54, 1.807) is 6.08 Å². The van der Waals surface area contributed by atoms with E-state index in [9.17, 15) is 45.6 Å². The van der Waals surface area contributed by atoms with Gasteiger partial charge in [0, 0.05) is 6.42 Å². The molecule has 0 aromatic carbocycles. The molecule has 2 fully saturated rings. The third-order valence-corrected chi connectivity index (χ3v) is 13.7. The van der Waals surface area contributed by atoms with E-state index in [0.717, 1.165) is 96.3 Å². The van der Waals surface area contributed by atoms with Gasteiger partial charge in [0.2, 0.25) is 5.91 Å². The van der Waals surface area contributed by atoms with Gasteiger partial charge in [0.25, 0.3) is 0 Å². The van der Waals surface area contributed by atoms with E-state index in [-0.39, 0.29) is 18.9 Å². The zero-order chi connectivity index (χ0) is 56.0. The Bertz CT molecular complexity index is 1700. The van der Waals surface area contributed by atoms with Gasteiger partial charge < -0.3 is 65.1 Å². The van der Waals surface area contributed by atoms with Gasteiger partial charge in [-0.05, 0) is 83.5 Å². The van der Waals surface area contributed by atoms with Gasteiger partial charge in [-0.2, -0.15) is 0 Å². The summed E-state index contributed by atoms with van der Waals surface area (Å²) in [6.07, 6.45) is 50.3. The van der Waals surface area contributed by atoms with Crippen molar-refractivity contribution < 1.29 is 64.6 Å². The summed E-state index contributed by atoms with van der Waals surface area (Å²) in [5.41, 5.74) is 0. The first-order valence-electron chi connectivity index (χ1n) is 29.6. The van der Waals surface area contributed by atoms with Crippen molar-refractivity contribution in [2.75, 3.05) is 19.8 Å². The van der Waals surface area contributed by atoms with Crippen molar-refractivity contribution in [1.82, 2.24) is 5.32 Å². The Morgan fingerprint density at radius 2 is 0.909 bits per heavy atom. The Balaban J connectivity index is 1.60. The van der Waals surface area contributed by atoms with Gasteiger partial charge in [0.05, 0.1) is 32.0 Å². The van der Waals surface area contributed by atoms with Gasteiger partial charge in [-0.3, -0.25) is 4.79 Å². The smallest absolute Gasteiger partial charge is 0.220 e. The summed E-state index contributed by atoms with van der Waals surface area (Å²) >= 11 is 0. The molecule has 0 aromatic heterocycles. The average Bonchev–Trinajstić information content (AvgIpc) is 3.44. The topological polar surface area (TPSA) is 228 Å². The van der Waals surface area contributed by atoms with Gasteiger partial charge in [-0.25, -0.2) is 0 Å². The molecule has 0 aliphatic carbocycles. The van der Waals surface area contributed by atoms with Crippen molar-refractivity contribution in [3.63, 3.8) is 0 Å². The number of allylic oxidation sites excluding steroid dienone is 17. The minimum absolute atomic E-state index is 0.260. The van der Waals surface area contributed by atoms with Crippen molar-refractivity contribution in [3.8, 4) is 0 Å². The van der Waals surface area contributed by atoms with Gasteiger partial charge in [0.1, 0.15) is 48.8 Å². The number of hydrogen-bond donors (Lipinski definition) is 9. The van der Waals surface area contributed by atoms with E-state index < -0.39 is 86.8 Å². The second-order valence-corrected chi connectivity index (χ2v) is 20.4. The van der Waals surface area contributed by atoms with Crippen LogP contribution in [0.15, 0.2) is 109 Å². The number of carbonyl (C=O) groups excluding carboxylic acids is 1. The quantitative estimate of drug-likeness (QED) is 0.0205. The van der Waals surface area contributed by atoms with Gasteiger partial charge in [-0.1, -0.05) is 207 Å². The molecule has 0 bridgehead atoms. The first-order valence-corrected chi connectivity index (χ1v) is 29.6. The van der Waals surface area contributed by atoms with Crippen LogP contribution in [0.25, 0.3) is 0 Å². The Morgan fingerprint density at radius 3 is 1.43 bits per heavy atom. The van der Waals surface area contributed by atoms with E-state index in [1.165, 1.54) is 57.8 Å². The lowest BCUT2D eigenvalue weighted by Gasteiger charge is -2.46. The monoisotopic (exact) mass is 1080 g/mol. The van der Waals surface area contributed by atoms with Crippen LogP contribution in [0.3, 0.4) is 0 Å². The van der Waals surface area contributed by atoms with E-state index >= 15 is 0 Å². The highest BCUT2D eigenvalue weighted by Gasteiger charge is 2.51. The van der Waals surface area contributed by atoms with E-state index in [2.05, 4.69) is 116 Å². The highest BCUT2D eigenvalue weighted by molar-refractivity contribution is 5.76. The summed E-state index contributed by atoms with van der Waals surface area (Å²) in [4.78, 5) is 13.2. The number of unbranched alkanes of at least 4 members (excludes halogenated alkanes) is 16. The fraction of sp³-hybridized carbons (Fsp3) is 0.698. The molecule has 14 nitrogen and oxygen atoms in total. The second-order valence-electron chi connectivity index (χ2n) is 20.4. The van der Waals surface area contributed by atoms with Gasteiger partial charge >= 0.3 is 0 Å². The third-order valence-electron chi connectivity index (χ3n) is 13.7. The minimum Gasteiger partial charge on any atom is -0.394 e. The van der Waals surface area contributed by atoms with Crippen LogP contribution in [0.1, 0.15) is 187 Å². The lowest BCUT2D eigenvalue weighted by atomic mass is 9.97. The molecule has 0 spiro atoms. The molecule has 1 amide bonds. The number of ether oxygens (including phenoxy) is 4. The molecule has 2 aliphatic heterocycles. The SMILES string of the molecule is CC/C=C\C/C=C\C/C=C\C/C=C\C/C=C\C/C=C\C/C=C\CCCCCCCCCCCCCCCC(=O)NC(COC1OC(CO)C(OC2OC(CO)C(O)C(O)C2O)C(O)C1O)C(O)/C=C/CC/C=C/CCCC. The largest absolute Gasteiger partial charge is 0.394 e. The van der Waals surface area contributed by atoms with Crippen LogP contribution >= 0.6 is 0 Å². The Morgan fingerprint density at radius 1 is 0.481 bits per heavy atom. The van der Waals surface area contributed by atoms with Crippen LogP contribution < -0.4 is 5.32 Å². The molecular weight excluding hydrogens is 979 g/mol. The Labute approximate surface area is 464 Å². The molecule has 440 valence electrons. The summed E-state index contributed by atoms with van der Waals surface area (Å²) in [7, 11) is 0. The molecule has 2 rings (SSSR count). The number of carbonyl (C=O) groups is 1. The highest BCUT2D eigenvalue weighted by Crippen LogP contribution is 2.30. The maximum absolute atomic E-state index is 13.2. The lowest BCUT2D eigenvalue weighted by molar-refractivity contribution is -0.359. The number of nitrogens with one attached hydrogen (secondary N) is 1. The molecule has 2 heterocycles. The molecule has 0 aromatic rings. The van der Waals surface area contributed by atoms with Crippen molar-refractivity contribution >= 4 is 5.91 Å². The van der Waals surface area contributed by atoms with Crippen LogP contribution in [0.5, 0.6) is 0 Å². The molecule has 14 heteroatoms. The number of hydrogen-bond acceptors (Lipinski definition) is 13. The van der Waals surface area contributed by atoms with Crippen LogP contribution in [0, 0.1) is 0 Å². The average molecular weight is 1080 g/mol. The maximum Gasteiger partial charge on any atom is 0.220 e. The summed E-state index contributed by atoms with van der Waals surface area (Å²) < 4.78 is 22.6. The molecule has 12 unspecified atom stereocenters. The summed E-state index contributed by atoms with van der Waals surface area (Å²) in [6.45, 7) is 2.55. The van der Waals surface area contributed by atoms with E-state index in [0.29, 0.717) is 12.8 Å². The molecule has 12 atom stereocenters. The molecule has 9 N–H and O–H groups in total. The van der Waals surface area contributed by atoms with Crippen molar-refractivity contribution in [1.29, 1.82) is 0 Å². The lowest BCUT2D eigenvalue weighted by Crippen LogP contribution is -2.65. The molecule has 77 heavy (non-hydrogen) atoms. The van der Waals surface area contributed by atoms with E-state index in [1.807, 2.05) is 6.08 Å². The Kier molecular flexibility index (Phi) is 43.0. The van der Waals surface area contributed by atoms with Crippen molar-refractivity contribution in [2.24, 2.45) is 0 Å². The molecule has 0 saturated carbocycles. The predicted octanol–water partition coefficient (Wildman–Crippen LogP) is 10.1. The van der Waals surface area contributed by atoms with Crippen LogP contribution in [-0.4, -0.2) is 140 Å². The van der Waals surface area contributed by atoms with Gasteiger partial charge in [0.15, 0.2) is 12.6 Å². The van der Waals surface area contributed by atoms with Crippen LogP contribution in [-0.2, 0) is 23.7 Å². The summed E-state index contributed by atoms with van der Waals surface area (Å²) in [5.74, 6) is -0.260. The van der Waals surface area contributed by atoms with Crippen LogP contribution in [0.4, 0.5) is 0 Å². The number of rotatable bonds is 45. The standard InChI is InChI=1S/C63H105NO13/c1-3-5-7-9-11-13-14-15-16-17-18-19-20-21-22-23-24-25-26-27-28-29-30-31-32-33-34-35-36-37-38-39-41-43-45-47-55(68)64-51(52(67)46-44-42-40-12-10-8-6-4-2)50-74-62-60(73)58(71)61(54(49-66)76-62)77-63-59(72)57(70)56(69)53(48-65)75-63/h5,7,10-13,15-16,18-19,21-22,24-25,27-28,44,46,51-54,56-63,65-67,69-73H,3-4,6,8-9,14,17,20,23,26,29-43,45,47-50H2,1-2H3,(H,64,68)/b7-5-,12-10+,13-11-,16-15-,19-18-,22-21-,25-24-,28-27-,46-44+. The van der Waals surface area contributed by atoms with Crippen molar-refractivity contribution in [3.05, 3.63) is 109 Å². The second kappa shape index (κ2) is 47.5. The first kappa shape index (κ1) is 69.8. The van der Waals surface area contributed by atoms with E-state index in [4.69, 9.17) is 18.9 Å². The molecule has 0 radical (unpaired) electrons. The minimum atomic E-state index is -1.79. The number of amides is 1. The Hall–Kier alpha value is -3.35. The zero-order valence-corrected chi connectivity index (χ0v) is 47.2. The highest BCUT2D eigenvalue weighted by atomic mass is 16.7. The number of aliphatic hydroxyl groups is 8. The molecular formula is C63H105NO13. The normalized spacial score (nSPS) is 25.5. The first-order chi connectivity index (χ1) is 37.6. The summed E-state index contributed by atoms with van der Waals surface area (Å²) in [5, 5.41) is 86.6. The van der Waals surface area contributed by atoms with Crippen LogP contribution in [0.2, 0.25) is 0 Å². The number of aliphatic hydroxyl groups excluding tert-OH is 8. The fourth-order valence-corrected chi connectivity index (χ4v) is 8.92. The zero-order valence-electron chi connectivity index (χ0n) is 47.2. The van der Waals surface area contributed by atoms with Gasteiger partial charge in [-0.15, -0.1) is 0 Å². The molecule has 2 aliphatic rings. The third kappa shape index (κ3) is 33.1. The predicted molar refractivity (Wildman–Crippen MR) is 309 cm³/mol. The van der Waals surface area contributed by atoms with Crippen molar-refractivity contribution in [2.45, 2.75) is 261 Å². The fourth-order valence-electron chi connectivity index (χ4n) is 8.92. The molecule has 2 saturated heterocycles. The maximum atomic E-state index is 13.2.